The number of alkyl halides is 3. The predicted octanol–water partition coefficient (Wildman–Crippen LogP) is 3.48. The van der Waals surface area contributed by atoms with Crippen molar-refractivity contribution in [2.24, 2.45) is 0 Å². The Hall–Kier alpha value is -3.16. The van der Waals surface area contributed by atoms with E-state index in [1.807, 2.05) is 0 Å². The van der Waals surface area contributed by atoms with E-state index in [9.17, 15) is 18.0 Å². The molecule has 0 aliphatic rings. The van der Waals surface area contributed by atoms with Crippen LogP contribution in [0.4, 0.5) is 24.7 Å². The normalized spacial score (nSPS) is 11.5. The van der Waals surface area contributed by atoms with Crippen LogP contribution in [-0.4, -0.2) is 15.9 Å². The van der Waals surface area contributed by atoms with Crippen molar-refractivity contribution in [2.45, 2.75) is 6.18 Å². The summed E-state index contributed by atoms with van der Waals surface area (Å²) >= 11 is 0. The van der Waals surface area contributed by atoms with Crippen molar-refractivity contribution in [1.29, 1.82) is 0 Å². The highest BCUT2D eigenvalue weighted by atomic mass is 19.4. The number of amides is 1. The first kappa shape index (κ1) is 15.7. The van der Waals surface area contributed by atoms with E-state index in [1.165, 1.54) is 6.33 Å². The first-order chi connectivity index (χ1) is 11.4. The molecule has 0 saturated heterocycles. The number of nitrogen functional groups attached to an aromatic ring is 1. The number of nitrogens with zero attached hydrogens (tertiary/aromatic N) is 2. The summed E-state index contributed by atoms with van der Waals surface area (Å²) in [6.07, 6.45) is -3.24. The average Bonchev–Trinajstić information content (AvgIpc) is 2.54. The summed E-state index contributed by atoms with van der Waals surface area (Å²) in [6.45, 7) is 0. The molecule has 1 amide bonds. The van der Waals surface area contributed by atoms with Gasteiger partial charge in [0.25, 0.3) is 5.91 Å². The Morgan fingerprint density at radius 3 is 2.54 bits per heavy atom. The fraction of sp³-hybridized carbons (Fsp3) is 0.0625. The Morgan fingerprint density at radius 2 is 1.83 bits per heavy atom. The van der Waals surface area contributed by atoms with Crippen LogP contribution in [0.1, 0.15) is 15.9 Å². The molecule has 1 heterocycles. The lowest BCUT2D eigenvalue weighted by molar-refractivity contribution is -0.137. The van der Waals surface area contributed by atoms with E-state index in [2.05, 4.69) is 15.3 Å². The maximum atomic E-state index is 12.6. The van der Waals surface area contributed by atoms with Gasteiger partial charge in [-0.05, 0) is 30.3 Å². The van der Waals surface area contributed by atoms with Crippen LogP contribution in [-0.2, 0) is 6.18 Å². The lowest BCUT2D eigenvalue weighted by Crippen LogP contribution is -2.16. The molecule has 0 aliphatic carbocycles. The third-order valence-electron chi connectivity index (χ3n) is 3.40. The van der Waals surface area contributed by atoms with E-state index < -0.39 is 17.6 Å². The Balaban J connectivity index is 1.92. The zero-order valence-electron chi connectivity index (χ0n) is 12.1. The van der Waals surface area contributed by atoms with Gasteiger partial charge in [0.15, 0.2) is 0 Å². The number of halogens is 3. The van der Waals surface area contributed by atoms with Gasteiger partial charge in [0.1, 0.15) is 12.1 Å². The SMILES string of the molecule is Nc1cc(C(F)(F)F)ccc1C(=O)Nc1ncnc2ccccc12. The number of anilines is 2. The maximum Gasteiger partial charge on any atom is 0.416 e. The van der Waals surface area contributed by atoms with Gasteiger partial charge in [-0.25, -0.2) is 9.97 Å². The summed E-state index contributed by atoms with van der Waals surface area (Å²) in [6, 6.07) is 9.59. The highest BCUT2D eigenvalue weighted by Crippen LogP contribution is 2.31. The van der Waals surface area contributed by atoms with E-state index in [1.54, 1.807) is 24.3 Å². The van der Waals surface area contributed by atoms with Crippen molar-refractivity contribution in [3.05, 3.63) is 59.9 Å². The van der Waals surface area contributed by atoms with Crippen molar-refractivity contribution in [2.75, 3.05) is 11.1 Å². The van der Waals surface area contributed by atoms with Gasteiger partial charge >= 0.3 is 6.18 Å². The second kappa shape index (κ2) is 5.80. The molecule has 3 aromatic rings. The summed E-state index contributed by atoms with van der Waals surface area (Å²) in [5.41, 5.74) is 4.98. The number of benzene rings is 2. The molecule has 0 unspecified atom stereocenters. The lowest BCUT2D eigenvalue weighted by Gasteiger charge is -2.11. The first-order valence-electron chi connectivity index (χ1n) is 6.84. The number of nitrogens with two attached hydrogens (primary N) is 1. The Morgan fingerprint density at radius 1 is 1.08 bits per heavy atom. The van der Waals surface area contributed by atoms with Gasteiger partial charge < -0.3 is 11.1 Å². The molecule has 24 heavy (non-hydrogen) atoms. The Bertz CT molecular complexity index is 919. The van der Waals surface area contributed by atoms with Gasteiger partial charge in [0, 0.05) is 11.1 Å². The van der Waals surface area contributed by atoms with Crippen molar-refractivity contribution in [3.63, 3.8) is 0 Å². The Labute approximate surface area is 134 Å². The van der Waals surface area contributed by atoms with Gasteiger partial charge in [-0.1, -0.05) is 12.1 Å². The smallest absolute Gasteiger partial charge is 0.398 e. The standard InChI is InChI=1S/C16H11F3N4O/c17-16(18,19)9-5-6-10(12(20)7-9)15(24)23-14-11-3-1-2-4-13(11)21-8-22-14/h1-8H,20H2,(H,21,22,23,24). The number of para-hydroxylation sites is 1. The average molecular weight is 332 g/mol. The summed E-state index contributed by atoms with van der Waals surface area (Å²) in [5.74, 6) is -0.394. The fourth-order valence-electron chi connectivity index (χ4n) is 2.23. The number of carbonyl (C=O) groups excluding carboxylic acids is 1. The Kier molecular flexibility index (Phi) is 3.80. The van der Waals surface area contributed by atoms with Crippen molar-refractivity contribution < 1.29 is 18.0 Å². The van der Waals surface area contributed by atoms with Crippen LogP contribution in [0.3, 0.4) is 0 Å². The van der Waals surface area contributed by atoms with Crippen LogP contribution >= 0.6 is 0 Å². The molecule has 0 spiro atoms. The molecule has 0 bridgehead atoms. The van der Waals surface area contributed by atoms with Gasteiger partial charge in [0.2, 0.25) is 0 Å². The van der Waals surface area contributed by atoms with Gasteiger partial charge in [0.05, 0.1) is 16.6 Å². The second-order valence-electron chi connectivity index (χ2n) is 4.99. The monoisotopic (exact) mass is 332 g/mol. The minimum absolute atomic E-state index is 0.0642. The van der Waals surface area contributed by atoms with E-state index >= 15 is 0 Å². The maximum absolute atomic E-state index is 12.6. The molecular formula is C16H11F3N4O. The van der Waals surface area contributed by atoms with Gasteiger partial charge in [-0.3, -0.25) is 4.79 Å². The third-order valence-corrected chi connectivity index (χ3v) is 3.40. The first-order valence-corrected chi connectivity index (χ1v) is 6.84. The molecule has 1 aromatic heterocycles. The van der Waals surface area contributed by atoms with Gasteiger partial charge in [-0.2, -0.15) is 13.2 Å². The largest absolute Gasteiger partial charge is 0.416 e. The number of aromatic nitrogens is 2. The number of hydrogen-bond acceptors (Lipinski definition) is 4. The summed E-state index contributed by atoms with van der Waals surface area (Å²) in [7, 11) is 0. The summed E-state index contributed by atoms with van der Waals surface area (Å²) in [4.78, 5) is 20.4. The van der Waals surface area contributed by atoms with Crippen LogP contribution < -0.4 is 11.1 Å². The molecule has 5 nitrogen and oxygen atoms in total. The number of nitrogens with one attached hydrogen (secondary N) is 1. The third kappa shape index (κ3) is 2.98. The minimum atomic E-state index is -4.52. The quantitative estimate of drug-likeness (QED) is 0.704. The van der Waals surface area contributed by atoms with Crippen LogP contribution in [0.5, 0.6) is 0 Å². The van der Waals surface area contributed by atoms with Crippen LogP contribution in [0.2, 0.25) is 0 Å². The number of hydrogen-bond donors (Lipinski definition) is 2. The van der Waals surface area contributed by atoms with Crippen molar-refractivity contribution in [3.8, 4) is 0 Å². The molecule has 3 rings (SSSR count). The molecule has 0 aliphatic heterocycles. The van der Waals surface area contributed by atoms with E-state index in [0.717, 1.165) is 18.2 Å². The van der Waals surface area contributed by atoms with Gasteiger partial charge in [-0.15, -0.1) is 0 Å². The molecular weight excluding hydrogens is 321 g/mol. The molecule has 0 saturated carbocycles. The number of fused-ring (bicyclic) bond motifs is 1. The fourth-order valence-corrected chi connectivity index (χ4v) is 2.23. The molecule has 122 valence electrons. The van der Waals surface area contributed by atoms with E-state index in [0.29, 0.717) is 10.9 Å². The molecule has 0 radical (unpaired) electrons. The number of carbonyl (C=O) groups is 1. The highest BCUT2D eigenvalue weighted by Gasteiger charge is 2.31. The van der Waals surface area contributed by atoms with Crippen molar-refractivity contribution in [1.82, 2.24) is 9.97 Å². The van der Waals surface area contributed by atoms with Crippen LogP contribution in [0.25, 0.3) is 10.9 Å². The van der Waals surface area contributed by atoms with E-state index in [-0.39, 0.29) is 17.1 Å². The summed E-state index contributed by atoms with van der Waals surface area (Å²) in [5, 5.41) is 3.16. The van der Waals surface area contributed by atoms with E-state index in [4.69, 9.17) is 5.73 Å². The predicted molar refractivity (Wildman–Crippen MR) is 83.3 cm³/mol. The molecule has 8 heteroatoms. The lowest BCUT2D eigenvalue weighted by atomic mass is 10.1. The minimum Gasteiger partial charge on any atom is -0.398 e. The molecule has 0 fully saturated rings. The zero-order chi connectivity index (χ0) is 17.3. The van der Waals surface area contributed by atoms with Crippen molar-refractivity contribution >= 4 is 28.3 Å². The van der Waals surface area contributed by atoms with Crippen LogP contribution in [0, 0.1) is 0 Å². The second-order valence-corrected chi connectivity index (χ2v) is 4.99. The van der Waals surface area contributed by atoms with Crippen LogP contribution in [0.15, 0.2) is 48.8 Å². The molecule has 2 aromatic carbocycles. The number of rotatable bonds is 2. The topological polar surface area (TPSA) is 80.9 Å². The highest BCUT2D eigenvalue weighted by molar-refractivity contribution is 6.10. The summed E-state index contributed by atoms with van der Waals surface area (Å²) < 4.78 is 37.9. The zero-order valence-corrected chi connectivity index (χ0v) is 12.1. The molecule has 3 N–H and O–H groups in total. The molecule has 0 atom stereocenters.